The highest BCUT2D eigenvalue weighted by Gasteiger charge is 2.39. The molecule has 11 nitrogen and oxygen atoms in total. The minimum atomic E-state index is -0.791. The molecule has 1 saturated heterocycles. The van der Waals surface area contributed by atoms with Gasteiger partial charge in [-0.2, -0.15) is 0 Å². The Morgan fingerprint density at radius 1 is 1.34 bits per heavy atom. The van der Waals surface area contributed by atoms with E-state index in [0.29, 0.717) is 30.4 Å². The Kier molecular flexibility index (Phi) is 8.12. The second-order valence-corrected chi connectivity index (χ2v) is 8.12. The first-order chi connectivity index (χ1) is 15.4. The van der Waals surface area contributed by atoms with Crippen LogP contribution in [0.3, 0.4) is 0 Å². The van der Waals surface area contributed by atoms with Gasteiger partial charge in [-0.15, -0.1) is 0 Å². The molecule has 0 unspecified atom stereocenters. The lowest BCUT2D eigenvalue weighted by molar-refractivity contribution is -0.159. The van der Waals surface area contributed by atoms with Gasteiger partial charge >= 0.3 is 5.97 Å². The fraction of sp³-hybridized carbons (Fsp3) is 0.571. The van der Waals surface area contributed by atoms with Crippen LogP contribution in [0, 0.1) is 11.8 Å². The highest BCUT2D eigenvalue weighted by atomic mass is 16.5. The number of hydroxylamine groups is 2. The molecule has 1 aromatic heterocycles. The Morgan fingerprint density at radius 2 is 2.09 bits per heavy atom. The Bertz CT molecular complexity index is 844. The van der Waals surface area contributed by atoms with Gasteiger partial charge in [0, 0.05) is 6.54 Å². The Labute approximate surface area is 186 Å². The average molecular weight is 447 g/mol. The van der Waals surface area contributed by atoms with Crippen LogP contribution in [0.5, 0.6) is 0 Å². The smallest absolute Gasteiger partial charge is 0.356 e. The number of carbonyl (C=O) groups is 4. The van der Waals surface area contributed by atoms with Crippen LogP contribution < -0.4 is 10.7 Å². The third-order valence-corrected chi connectivity index (χ3v) is 5.92. The number of esters is 1. The van der Waals surface area contributed by atoms with Crippen LogP contribution in [0.25, 0.3) is 0 Å². The molecule has 2 aliphatic rings. The van der Waals surface area contributed by atoms with Crippen molar-refractivity contribution in [3.05, 3.63) is 23.9 Å². The summed E-state index contributed by atoms with van der Waals surface area (Å²) in [6.45, 7) is 0.292. The van der Waals surface area contributed by atoms with Crippen molar-refractivity contribution in [1.82, 2.24) is 20.5 Å². The lowest BCUT2D eigenvalue weighted by Gasteiger charge is -2.29. The molecule has 0 aromatic carbocycles. The van der Waals surface area contributed by atoms with E-state index in [-0.39, 0.29) is 30.4 Å². The Morgan fingerprint density at radius 3 is 2.78 bits per heavy atom. The predicted molar refractivity (Wildman–Crippen MR) is 112 cm³/mol. The molecule has 11 heteroatoms. The number of carbonyl (C=O) groups excluding carboxylic acids is 4. The predicted octanol–water partition coefficient (Wildman–Crippen LogP) is 0.956. The van der Waals surface area contributed by atoms with E-state index in [9.17, 15) is 24.4 Å². The molecule has 0 spiro atoms. The fourth-order valence-corrected chi connectivity index (χ4v) is 4.34. The molecule has 1 aliphatic heterocycles. The number of anilines is 1. The summed E-state index contributed by atoms with van der Waals surface area (Å²) < 4.78 is 4.64. The van der Waals surface area contributed by atoms with Gasteiger partial charge < -0.3 is 10.1 Å². The second-order valence-electron chi connectivity index (χ2n) is 8.12. The van der Waals surface area contributed by atoms with Gasteiger partial charge in [0.25, 0.3) is 0 Å². The normalized spacial score (nSPS) is 19.4. The molecular weight excluding hydrogens is 418 g/mol. The molecule has 2 fully saturated rings. The van der Waals surface area contributed by atoms with Crippen molar-refractivity contribution in [1.29, 1.82) is 0 Å². The third-order valence-electron chi connectivity index (χ3n) is 5.92. The first-order valence-electron chi connectivity index (χ1n) is 10.8. The monoisotopic (exact) mass is 447 g/mol. The Balaban J connectivity index is 1.70. The molecule has 3 N–H and O–H groups in total. The van der Waals surface area contributed by atoms with Gasteiger partial charge in [0.1, 0.15) is 11.9 Å². The lowest BCUT2D eigenvalue weighted by atomic mass is 9.92. The molecule has 1 aromatic rings. The van der Waals surface area contributed by atoms with E-state index in [1.165, 1.54) is 24.3 Å². The number of ether oxygens (including phenoxy) is 1. The van der Waals surface area contributed by atoms with Crippen molar-refractivity contribution in [2.45, 2.75) is 44.6 Å². The number of methoxy groups -OCH3 is 1. The minimum Gasteiger partial charge on any atom is -0.464 e. The van der Waals surface area contributed by atoms with E-state index in [2.05, 4.69) is 20.5 Å². The number of hydrogen-bond acceptors (Lipinski definition) is 8. The van der Waals surface area contributed by atoms with Crippen molar-refractivity contribution >= 4 is 30.0 Å². The first kappa shape index (κ1) is 23.6. The number of hydrazine groups is 1. The van der Waals surface area contributed by atoms with Crippen molar-refractivity contribution in [2.75, 3.05) is 25.5 Å². The number of nitrogens with zero attached hydrogens (tertiary/aromatic N) is 3. The molecule has 1 aliphatic carbocycles. The number of amides is 3. The van der Waals surface area contributed by atoms with E-state index in [1.54, 1.807) is 6.07 Å². The largest absolute Gasteiger partial charge is 0.464 e. The second kappa shape index (κ2) is 11.0. The Hall–Kier alpha value is -3.05. The number of aromatic nitrogens is 1. The van der Waals surface area contributed by atoms with Gasteiger partial charge in [-0.3, -0.25) is 24.6 Å². The number of pyridine rings is 1. The summed E-state index contributed by atoms with van der Waals surface area (Å²) in [5.74, 6) is -1.53. The number of nitrogens with one attached hydrogen (secondary N) is 2. The van der Waals surface area contributed by atoms with E-state index < -0.39 is 23.8 Å². The van der Waals surface area contributed by atoms with Gasteiger partial charge in [-0.1, -0.05) is 31.7 Å². The first-order valence-corrected chi connectivity index (χ1v) is 10.8. The lowest BCUT2D eigenvalue weighted by Crippen LogP contribution is -2.51. The van der Waals surface area contributed by atoms with Gasteiger partial charge in [0.2, 0.25) is 18.2 Å². The summed E-state index contributed by atoms with van der Waals surface area (Å²) >= 11 is 0. The third kappa shape index (κ3) is 5.80. The molecule has 2 heterocycles. The molecule has 1 saturated carbocycles. The van der Waals surface area contributed by atoms with Crippen LogP contribution in [0.2, 0.25) is 0 Å². The van der Waals surface area contributed by atoms with Crippen LogP contribution in [-0.2, 0) is 19.1 Å². The highest BCUT2D eigenvalue weighted by molar-refractivity contribution is 5.97. The zero-order valence-corrected chi connectivity index (χ0v) is 18.0. The van der Waals surface area contributed by atoms with Crippen LogP contribution in [0.15, 0.2) is 18.2 Å². The maximum Gasteiger partial charge on any atom is 0.356 e. The van der Waals surface area contributed by atoms with Crippen LogP contribution in [0.1, 0.15) is 49.0 Å². The molecule has 3 rings (SSSR count). The summed E-state index contributed by atoms with van der Waals surface area (Å²) in [5.41, 5.74) is 3.00. The van der Waals surface area contributed by atoms with E-state index >= 15 is 0 Å². The quantitative estimate of drug-likeness (QED) is 0.220. The van der Waals surface area contributed by atoms with Crippen molar-refractivity contribution in [3.8, 4) is 0 Å². The van der Waals surface area contributed by atoms with Crippen LogP contribution in [0.4, 0.5) is 5.82 Å². The molecule has 0 bridgehead atoms. The van der Waals surface area contributed by atoms with Crippen LogP contribution >= 0.6 is 0 Å². The minimum absolute atomic E-state index is 0.0521. The maximum absolute atomic E-state index is 13.3. The summed E-state index contributed by atoms with van der Waals surface area (Å²) in [4.78, 5) is 52.9. The molecule has 2 atom stereocenters. The highest BCUT2D eigenvalue weighted by Crippen LogP contribution is 2.31. The van der Waals surface area contributed by atoms with Gasteiger partial charge in [0.05, 0.1) is 19.6 Å². The molecule has 32 heavy (non-hydrogen) atoms. The summed E-state index contributed by atoms with van der Waals surface area (Å²) in [6, 6.07) is 3.78. The molecule has 174 valence electrons. The maximum atomic E-state index is 13.3. The molecule has 0 radical (unpaired) electrons. The number of rotatable bonds is 9. The van der Waals surface area contributed by atoms with Gasteiger partial charge in [0.15, 0.2) is 5.69 Å². The van der Waals surface area contributed by atoms with Crippen LogP contribution in [-0.4, -0.2) is 70.7 Å². The van der Waals surface area contributed by atoms with Gasteiger partial charge in [-0.25, -0.2) is 20.3 Å². The van der Waals surface area contributed by atoms with Gasteiger partial charge in [-0.05, 0) is 30.9 Å². The summed E-state index contributed by atoms with van der Waals surface area (Å²) in [7, 11) is 1.24. The van der Waals surface area contributed by atoms with E-state index in [0.717, 1.165) is 25.7 Å². The van der Waals surface area contributed by atoms with E-state index in [4.69, 9.17) is 0 Å². The molecular formula is C21H29N5O6. The standard InChI is InChI=1S/C21H29N5O6/c1-32-21(30)16-7-4-8-18(23-16)24-19(28)17-9-10-22-26(17)20(29)15(12-25(31)13-27)11-14-5-2-3-6-14/h4,7-8,13-15,17,22,31H,2-3,5-6,9-12H2,1H3,(H,23,24,28)/t15-,17+/m1/s1. The van der Waals surface area contributed by atoms with Crippen molar-refractivity contribution in [2.24, 2.45) is 11.8 Å². The topological polar surface area (TPSA) is 141 Å². The summed E-state index contributed by atoms with van der Waals surface area (Å²) in [6.07, 6.45) is 5.43. The average Bonchev–Trinajstić information content (AvgIpc) is 3.49. The number of hydrogen-bond donors (Lipinski definition) is 3. The van der Waals surface area contributed by atoms with E-state index in [1.807, 2.05) is 0 Å². The molecule has 3 amide bonds. The zero-order valence-electron chi connectivity index (χ0n) is 18.0. The zero-order chi connectivity index (χ0) is 23.1. The van der Waals surface area contributed by atoms with Crippen molar-refractivity contribution < 1.29 is 29.1 Å². The SMILES string of the molecule is COC(=O)c1cccc(NC(=O)[C@@H]2CCNN2C(=O)[C@H](CC2CCCC2)CN(O)C=O)n1. The summed E-state index contributed by atoms with van der Waals surface area (Å²) in [5, 5.41) is 14.1. The van der Waals surface area contributed by atoms with Crippen molar-refractivity contribution in [3.63, 3.8) is 0 Å². The fourth-order valence-electron chi connectivity index (χ4n) is 4.34.